The van der Waals surface area contributed by atoms with Crippen LogP contribution in [-0.2, 0) is 6.54 Å². The van der Waals surface area contributed by atoms with Gasteiger partial charge in [0.05, 0.1) is 19.6 Å². The SMILES string of the molecule is O=Cc1cn(C[C@H](O)C[NH+]2CCCCC2)c2ccccc12. The van der Waals surface area contributed by atoms with Crippen molar-refractivity contribution in [3.8, 4) is 0 Å². The molecule has 1 aromatic heterocycles. The van der Waals surface area contributed by atoms with Crippen LogP contribution in [0.3, 0.4) is 0 Å². The molecule has 1 fully saturated rings. The van der Waals surface area contributed by atoms with Crippen molar-refractivity contribution in [3.05, 3.63) is 36.0 Å². The molecular formula is C17H23N2O2+. The smallest absolute Gasteiger partial charge is 0.152 e. The van der Waals surface area contributed by atoms with E-state index in [0.29, 0.717) is 12.1 Å². The van der Waals surface area contributed by atoms with Crippen molar-refractivity contribution < 1.29 is 14.8 Å². The van der Waals surface area contributed by atoms with Crippen molar-refractivity contribution in [1.82, 2.24) is 4.57 Å². The monoisotopic (exact) mass is 287 g/mol. The van der Waals surface area contributed by atoms with Crippen molar-refractivity contribution in [1.29, 1.82) is 0 Å². The summed E-state index contributed by atoms with van der Waals surface area (Å²) >= 11 is 0. The quantitative estimate of drug-likeness (QED) is 0.802. The number of aliphatic hydroxyl groups is 1. The number of fused-ring (bicyclic) bond motifs is 1. The molecule has 2 aromatic rings. The first-order chi connectivity index (χ1) is 10.3. The number of rotatable bonds is 5. The van der Waals surface area contributed by atoms with Gasteiger partial charge in [-0.15, -0.1) is 0 Å². The van der Waals surface area contributed by atoms with Crippen LogP contribution in [0.5, 0.6) is 0 Å². The maximum Gasteiger partial charge on any atom is 0.152 e. The summed E-state index contributed by atoms with van der Waals surface area (Å²) < 4.78 is 2.01. The number of piperidine rings is 1. The lowest BCUT2D eigenvalue weighted by atomic mass is 10.1. The Bertz CT molecular complexity index is 614. The molecule has 4 nitrogen and oxygen atoms in total. The van der Waals surface area contributed by atoms with E-state index in [9.17, 15) is 9.90 Å². The predicted octanol–water partition coefficient (Wildman–Crippen LogP) is 0.883. The third-order valence-corrected chi connectivity index (χ3v) is 4.44. The minimum atomic E-state index is -0.367. The third kappa shape index (κ3) is 3.17. The van der Waals surface area contributed by atoms with Gasteiger partial charge >= 0.3 is 0 Å². The number of nitrogens with one attached hydrogen (secondary N) is 1. The predicted molar refractivity (Wildman–Crippen MR) is 82.7 cm³/mol. The number of nitrogens with zero attached hydrogens (tertiary/aromatic N) is 1. The molecule has 0 radical (unpaired) electrons. The van der Waals surface area contributed by atoms with Crippen LogP contribution in [0.25, 0.3) is 10.9 Å². The normalized spacial score (nSPS) is 18.0. The van der Waals surface area contributed by atoms with E-state index in [4.69, 9.17) is 0 Å². The van der Waals surface area contributed by atoms with E-state index in [-0.39, 0.29) is 6.10 Å². The summed E-state index contributed by atoms with van der Waals surface area (Å²) in [5, 5.41) is 11.3. The van der Waals surface area contributed by atoms with Gasteiger partial charge in [-0.3, -0.25) is 4.79 Å². The highest BCUT2D eigenvalue weighted by molar-refractivity contribution is 5.97. The maximum atomic E-state index is 11.2. The first-order valence-corrected chi connectivity index (χ1v) is 7.82. The van der Waals surface area contributed by atoms with Gasteiger partial charge < -0.3 is 14.6 Å². The topological polar surface area (TPSA) is 46.7 Å². The highest BCUT2D eigenvalue weighted by atomic mass is 16.3. The highest BCUT2D eigenvalue weighted by Gasteiger charge is 2.19. The molecule has 3 rings (SSSR count). The second kappa shape index (κ2) is 6.41. The zero-order valence-electron chi connectivity index (χ0n) is 12.3. The number of aliphatic hydroxyl groups excluding tert-OH is 1. The van der Waals surface area contributed by atoms with E-state index in [0.717, 1.165) is 23.7 Å². The number of quaternary nitrogens is 1. The van der Waals surface area contributed by atoms with Gasteiger partial charge in [0.15, 0.2) is 6.29 Å². The molecule has 4 heteroatoms. The van der Waals surface area contributed by atoms with Crippen molar-refractivity contribution in [3.63, 3.8) is 0 Å². The summed E-state index contributed by atoms with van der Waals surface area (Å²) in [6.07, 6.45) is 6.24. The number of benzene rings is 1. The number of likely N-dealkylation sites (tertiary alicyclic amines) is 1. The number of carbonyl (C=O) groups excluding carboxylic acids is 1. The fourth-order valence-electron chi connectivity index (χ4n) is 3.40. The van der Waals surface area contributed by atoms with Crippen LogP contribution >= 0.6 is 0 Å². The van der Waals surface area contributed by atoms with Crippen LogP contribution < -0.4 is 4.90 Å². The van der Waals surface area contributed by atoms with Gasteiger partial charge in [-0.25, -0.2) is 0 Å². The van der Waals surface area contributed by atoms with E-state index in [1.54, 1.807) is 0 Å². The average Bonchev–Trinajstić information content (AvgIpc) is 2.86. The van der Waals surface area contributed by atoms with E-state index < -0.39 is 0 Å². The molecule has 0 saturated carbocycles. The molecule has 2 N–H and O–H groups in total. The lowest BCUT2D eigenvalue weighted by Gasteiger charge is -2.25. The van der Waals surface area contributed by atoms with Gasteiger partial charge in [0, 0.05) is 22.7 Å². The van der Waals surface area contributed by atoms with E-state index in [2.05, 4.69) is 0 Å². The summed E-state index contributed by atoms with van der Waals surface area (Å²) in [4.78, 5) is 12.7. The zero-order chi connectivity index (χ0) is 14.7. The van der Waals surface area contributed by atoms with Gasteiger partial charge in [0.1, 0.15) is 12.6 Å². The average molecular weight is 287 g/mol. The molecule has 1 aliphatic rings. The minimum absolute atomic E-state index is 0.367. The van der Waals surface area contributed by atoms with Crippen LogP contribution in [0.15, 0.2) is 30.5 Å². The van der Waals surface area contributed by atoms with Crippen molar-refractivity contribution in [2.45, 2.75) is 31.9 Å². The Hall–Kier alpha value is -1.65. The van der Waals surface area contributed by atoms with E-state index in [1.165, 1.54) is 37.3 Å². The van der Waals surface area contributed by atoms with Crippen molar-refractivity contribution >= 4 is 17.2 Å². The molecule has 0 spiro atoms. The number of para-hydroxylation sites is 1. The van der Waals surface area contributed by atoms with Gasteiger partial charge in [0.2, 0.25) is 0 Å². The Kier molecular flexibility index (Phi) is 4.36. The summed E-state index contributed by atoms with van der Waals surface area (Å²) in [5.41, 5.74) is 1.72. The molecule has 21 heavy (non-hydrogen) atoms. The lowest BCUT2D eigenvalue weighted by molar-refractivity contribution is -0.908. The Morgan fingerprint density at radius 2 is 2.00 bits per heavy atom. The summed E-state index contributed by atoms with van der Waals surface area (Å²) in [7, 11) is 0. The van der Waals surface area contributed by atoms with Crippen molar-refractivity contribution in [2.24, 2.45) is 0 Å². The Morgan fingerprint density at radius 1 is 1.24 bits per heavy atom. The van der Waals surface area contributed by atoms with Gasteiger partial charge in [0.25, 0.3) is 0 Å². The van der Waals surface area contributed by atoms with E-state index >= 15 is 0 Å². The van der Waals surface area contributed by atoms with Gasteiger partial charge in [-0.2, -0.15) is 0 Å². The maximum absolute atomic E-state index is 11.2. The molecule has 0 bridgehead atoms. The second-order valence-electron chi connectivity index (χ2n) is 6.04. The molecule has 1 aromatic carbocycles. The Balaban J connectivity index is 1.73. The van der Waals surface area contributed by atoms with Crippen LogP contribution in [0.1, 0.15) is 29.6 Å². The van der Waals surface area contributed by atoms with Crippen LogP contribution in [-0.4, -0.2) is 41.7 Å². The molecule has 1 aliphatic heterocycles. The number of hydrogen-bond acceptors (Lipinski definition) is 2. The lowest BCUT2D eigenvalue weighted by Crippen LogP contribution is -3.13. The van der Waals surface area contributed by atoms with Gasteiger partial charge in [-0.1, -0.05) is 18.2 Å². The molecular weight excluding hydrogens is 264 g/mol. The molecule has 0 amide bonds. The second-order valence-corrected chi connectivity index (χ2v) is 6.04. The molecule has 1 saturated heterocycles. The molecule has 1 atom stereocenters. The van der Waals surface area contributed by atoms with Crippen LogP contribution in [0.2, 0.25) is 0 Å². The summed E-state index contributed by atoms with van der Waals surface area (Å²) in [6, 6.07) is 7.87. The minimum Gasteiger partial charge on any atom is -0.385 e. The van der Waals surface area contributed by atoms with Crippen LogP contribution in [0, 0.1) is 0 Å². The first kappa shape index (κ1) is 14.3. The molecule has 0 unspecified atom stereocenters. The Labute approximate surface area is 125 Å². The number of hydrogen-bond donors (Lipinski definition) is 2. The number of aromatic nitrogens is 1. The number of aldehydes is 1. The van der Waals surface area contributed by atoms with Crippen LogP contribution in [0.4, 0.5) is 0 Å². The third-order valence-electron chi connectivity index (χ3n) is 4.44. The largest absolute Gasteiger partial charge is 0.385 e. The zero-order valence-corrected chi connectivity index (χ0v) is 12.3. The van der Waals surface area contributed by atoms with Crippen molar-refractivity contribution in [2.75, 3.05) is 19.6 Å². The highest BCUT2D eigenvalue weighted by Crippen LogP contribution is 2.20. The molecule has 112 valence electrons. The molecule has 0 aliphatic carbocycles. The summed E-state index contributed by atoms with van der Waals surface area (Å²) in [5.74, 6) is 0. The first-order valence-electron chi connectivity index (χ1n) is 7.82. The molecule has 2 heterocycles. The van der Waals surface area contributed by atoms with Gasteiger partial charge in [-0.05, 0) is 25.3 Å². The number of carbonyl (C=O) groups is 1. The Morgan fingerprint density at radius 3 is 2.76 bits per heavy atom. The fraction of sp³-hybridized carbons (Fsp3) is 0.471. The van der Waals surface area contributed by atoms with E-state index in [1.807, 2.05) is 35.0 Å². The standard InChI is InChI=1S/C17H22N2O2/c20-13-14-10-19(17-7-3-2-6-16(14)17)12-15(21)11-18-8-4-1-5-9-18/h2-3,6-7,10,13,15,21H,1,4-5,8-9,11-12H2/p+1/t15-/m1/s1. The fourth-order valence-corrected chi connectivity index (χ4v) is 3.40. The summed E-state index contributed by atoms with van der Waals surface area (Å²) in [6.45, 7) is 3.69.